The van der Waals surface area contributed by atoms with E-state index in [1.807, 2.05) is 30.0 Å². The Morgan fingerprint density at radius 3 is 2.82 bits per heavy atom. The van der Waals surface area contributed by atoms with Crippen molar-refractivity contribution in [3.8, 4) is 0 Å². The van der Waals surface area contributed by atoms with Crippen molar-refractivity contribution in [2.75, 3.05) is 37.7 Å². The van der Waals surface area contributed by atoms with Crippen molar-refractivity contribution in [3.05, 3.63) is 35.4 Å². The summed E-state index contributed by atoms with van der Waals surface area (Å²) in [6.45, 7) is 6.40. The van der Waals surface area contributed by atoms with Crippen LogP contribution in [0.5, 0.6) is 0 Å². The molecule has 0 aliphatic carbocycles. The van der Waals surface area contributed by atoms with Gasteiger partial charge in [0.2, 0.25) is 0 Å². The summed E-state index contributed by atoms with van der Waals surface area (Å²) in [6.07, 6.45) is 3.73. The number of nitrogens with zero attached hydrogens (tertiary/aromatic N) is 2. The Hall–Kier alpha value is -1.00. The zero-order valence-electron chi connectivity index (χ0n) is 13.5. The number of benzene rings is 1. The van der Waals surface area contributed by atoms with Gasteiger partial charge in [0.1, 0.15) is 0 Å². The van der Waals surface area contributed by atoms with E-state index in [0.717, 1.165) is 36.4 Å². The summed E-state index contributed by atoms with van der Waals surface area (Å²) in [5.74, 6) is 2.47. The van der Waals surface area contributed by atoms with Crippen molar-refractivity contribution < 1.29 is 4.79 Å². The van der Waals surface area contributed by atoms with Crippen molar-refractivity contribution in [3.63, 3.8) is 0 Å². The van der Waals surface area contributed by atoms with Crippen molar-refractivity contribution >= 4 is 17.7 Å². The number of thioether (sulfide) groups is 1. The standard InChI is InChI=1S/C18H26N2OS/c1-15-6-4-7-16(12-15)18(21)20-10-5-11-22-14-17(20)13-19-8-2-3-9-19/h4,6-7,12,17H,2-3,5,8-11,13-14H2,1H3. The van der Waals surface area contributed by atoms with Crippen LogP contribution in [0.1, 0.15) is 35.2 Å². The van der Waals surface area contributed by atoms with Gasteiger partial charge in [-0.05, 0) is 57.2 Å². The summed E-state index contributed by atoms with van der Waals surface area (Å²) in [4.78, 5) is 17.7. The molecule has 0 N–H and O–H groups in total. The fraction of sp³-hybridized carbons (Fsp3) is 0.611. The first-order chi connectivity index (χ1) is 10.7. The number of carbonyl (C=O) groups excluding carboxylic acids is 1. The average Bonchev–Trinajstić information content (AvgIpc) is 2.92. The molecule has 22 heavy (non-hydrogen) atoms. The van der Waals surface area contributed by atoms with Gasteiger partial charge in [-0.2, -0.15) is 11.8 Å². The summed E-state index contributed by atoms with van der Waals surface area (Å²) >= 11 is 2.01. The van der Waals surface area contributed by atoms with E-state index in [1.165, 1.54) is 31.7 Å². The van der Waals surface area contributed by atoms with Gasteiger partial charge >= 0.3 is 0 Å². The zero-order valence-corrected chi connectivity index (χ0v) is 14.3. The van der Waals surface area contributed by atoms with E-state index in [2.05, 4.69) is 22.8 Å². The zero-order chi connectivity index (χ0) is 15.4. The van der Waals surface area contributed by atoms with Crippen LogP contribution < -0.4 is 0 Å². The Bertz CT molecular complexity index is 514. The number of hydrogen-bond acceptors (Lipinski definition) is 3. The molecule has 0 aromatic heterocycles. The fourth-order valence-electron chi connectivity index (χ4n) is 3.45. The Kier molecular flexibility index (Phi) is 5.42. The number of carbonyl (C=O) groups is 1. The normalized spacial score (nSPS) is 23.5. The van der Waals surface area contributed by atoms with Gasteiger partial charge in [-0.3, -0.25) is 4.79 Å². The molecule has 3 rings (SSSR count). The van der Waals surface area contributed by atoms with E-state index >= 15 is 0 Å². The molecule has 1 aromatic rings. The maximum absolute atomic E-state index is 13.0. The number of hydrogen-bond donors (Lipinski definition) is 0. The van der Waals surface area contributed by atoms with Gasteiger partial charge in [-0.15, -0.1) is 0 Å². The van der Waals surface area contributed by atoms with Crippen LogP contribution in [0, 0.1) is 6.92 Å². The highest BCUT2D eigenvalue weighted by atomic mass is 32.2. The predicted molar refractivity (Wildman–Crippen MR) is 93.6 cm³/mol. The minimum absolute atomic E-state index is 0.218. The van der Waals surface area contributed by atoms with Gasteiger partial charge in [-0.1, -0.05) is 17.7 Å². The van der Waals surface area contributed by atoms with E-state index in [-0.39, 0.29) is 5.91 Å². The van der Waals surface area contributed by atoms with Crippen molar-refractivity contribution in [1.82, 2.24) is 9.80 Å². The molecule has 4 heteroatoms. The van der Waals surface area contributed by atoms with E-state index < -0.39 is 0 Å². The molecule has 2 aliphatic heterocycles. The summed E-state index contributed by atoms with van der Waals surface area (Å²) in [5.41, 5.74) is 2.00. The minimum atomic E-state index is 0.218. The lowest BCUT2D eigenvalue weighted by Gasteiger charge is -2.33. The molecule has 2 saturated heterocycles. The monoisotopic (exact) mass is 318 g/mol. The smallest absolute Gasteiger partial charge is 0.254 e. The van der Waals surface area contributed by atoms with E-state index in [0.29, 0.717) is 6.04 Å². The fourth-order valence-corrected chi connectivity index (χ4v) is 4.51. The van der Waals surface area contributed by atoms with Gasteiger partial charge in [0, 0.05) is 24.4 Å². The lowest BCUT2D eigenvalue weighted by molar-refractivity contribution is 0.0666. The highest BCUT2D eigenvalue weighted by Crippen LogP contribution is 2.21. The summed E-state index contributed by atoms with van der Waals surface area (Å²) in [6, 6.07) is 8.38. The molecular weight excluding hydrogens is 292 g/mol. The minimum Gasteiger partial charge on any atom is -0.334 e. The second kappa shape index (κ2) is 7.51. The lowest BCUT2D eigenvalue weighted by Crippen LogP contribution is -2.47. The molecule has 1 aromatic carbocycles. The number of likely N-dealkylation sites (tertiary alicyclic amines) is 1. The molecule has 1 unspecified atom stereocenters. The first-order valence-corrected chi connectivity index (χ1v) is 9.57. The second-order valence-electron chi connectivity index (χ2n) is 6.46. The van der Waals surface area contributed by atoms with Crippen LogP contribution in [-0.4, -0.2) is 59.4 Å². The quantitative estimate of drug-likeness (QED) is 0.856. The molecule has 0 bridgehead atoms. The Balaban J connectivity index is 1.75. The van der Waals surface area contributed by atoms with Crippen LogP contribution in [0.15, 0.2) is 24.3 Å². The second-order valence-corrected chi connectivity index (χ2v) is 7.61. The molecule has 3 nitrogen and oxygen atoms in total. The van der Waals surface area contributed by atoms with Crippen LogP contribution in [0.4, 0.5) is 0 Å². The number of aryl methyl sites for hydroxylation is 1. The highest BCUT2D eigenvalue weighted by Gasteiger charge is 2.28. The molecular formula is C18H26N2OS. The summed E-state index contributed by atoms with van der Waals surface area (Å²) in [5, 5.41) is 0. The molecule has 2 fully saturated rings. The van der Waals surface area contributed by atoms with Gasteiger partial charge in [0.15, 0.2) is 0 Å². The third-order valence-electron chi connectivity index (χ3n) is 4.63. The third kappa shape index (κ3) is 3.85. The van der Waals surface area contributed by atoms with Crippen LogP contribution >= 0.6 is 11.8 Å². The van der Waals surface area contributed by atoms with E-state index in [1.54, 1.807) is 0 Å². The summed E-state index contributed by atoms with van der Waals surface area (Å²) in [7, 11) is 0. The van der Waals surface area contributed by atoms with Crippen LogP contribution in [0.2, 0.25) is 0 Å². The van der Waals surface area contributed by atoms with Crippen LogP contribution in [-0.2, 0) is 0 Å². The van der Waals surface area contributed by atoms with Crippen molar-refractivity contribution in [1.29, 1.82) is 0 Å². The maximum atomic E-state index is 13.0. The molecule has 2 aliphatic rings. The van der Waals surface area contributed by atoms with Crippen LogP contribution in [0.25, 0.3) is 0 Å². The van der Waals surface area contributed by atoms with Gasteiger partial charge in [-0.25, -0.2) is 0 Å². The average molecular weight is 318 g/mol. The highest BCUT2D eigenvalue weighted by molar-refractivity contribution is 7.99. The number of rotatable bonds is 3. The largest absolute Gasteiger partial charge is 0.334 e. The first kappa shape index (κ1) is 15.9. The van der Waals surface area contributed by atoms with Gasteiger partial charge in [0.25, 0.3) is 5.91 Å². The molecule has 1 amide bonds. The molecule has 0 saturated carbocycles. The summed E-state index contributed by atoms with van der Waals surface area (Å²) < 4.78 is 0. The maximum Gasteiger partial charge on any atom is 0.254 e. The lowest BCUT2D eigenvalue weighted by atomic mass is 10.1. The van der Waals surface area contributed by atoms with Crippen molar-refractivity contribution in [2.45, 2.75) is 32.2 Å². The van der Waals surface area contributed by atoms with E-state index in [4.69, 9.17) is 0 Å². The van der Waals surface area contributed by atoms with Gasteiger partial charge in [0.05, 0.1) is 6.04 Å². The molecule has 120 valence electrons. The van der Waals surface area contributed by atoms with E-state index in [9.17, 15) is 4.79 Å². The number of amides is 1. The molecule has 0 spiro atoms. The molecule has 2 heterocycles. The Morgan fingerprint density at radius 1 is 1.23 bits per heavy atom. The first-order valence-electron chi connectivity index (χ1n) is 8.42. The van der Waals surface area contributed by atoms with Gasteiger partial charge < -0.3 is 9.80 Å². The molecule has 1 atom stereocenters. The van der Waals surface area contributed by atoms with Crippen LogP contribution in [0.3, 0.4) is 0 Å². The SMILES string of the molecule is Cc1cccc(C(=O)N2CCCSCC2CN2CCCC2)c1. The van der Waals surface area contributed by atoms with Crippen molar-refractivity contribution in [2.24, 2.45) is 0 Å². The molecule has 0 radical (unpaired) electrons. The third-order valence-corrected chi connectivity index (χ3v) is 5.83. The topological polar surface area (TPSA) is 23.6 Å². The predicted octanol–water partition coefficient (Wildman–Crippen LogP) is 3.04. The Morgan fingerprint density at radius 2 is 2.05 bits per heavy atom. The Labute approximate surface area is 138 Å².